The van der Waals surface area contributed by atoms with E-state index in [0.29, 0.717) is 0 Å². The molecule has 0 amide bonds. The fourth-order valence-corrected chi connectivity index (χ4v) is 4.64. The maximum Gasteiger partial charge on any atom is 0.0178 e. The van der Waals surface area contributed by atoms with Gasteiger partial charge in [0.05, 0.1) is 0 Å². The summed E-state index contributed by atoms with van der Waals surface area (Å²) in [7, 11) is 0. The SMILES string of the molecule is BrCC1(Cc2cccc(Br)c2)CCCc2ccccc21. The molecule has 1 atom stereocenters. The van der Waals surface area contributed by atoms with Crippen molar-refractivity contribution in [3.8, 4) is 0 Å². The molecular formula is C18H18Br2. The molecule has 104 valence electrons. The maximum absolute atomic E-state index is 3.80. The van der Waals surface area contributed by atoms with Crippen molar-refractivity contribution in [2.75, 3.05) is 5.33 Å². The second-order valence-electron chi connectivity index (χ2n) is 5.73. The Labute approximate surface area is 137 Å². The van der Waals surface area contributed by atoms with Crippen molar-refractivity contribution in [3.63, 3.8) is 0 Å². The molecule has 3 rings (SSSR count). The summed E-state index contributed by atoms with van der Waals surface area (Å²) in [6.07, 6.45) is 4.89. The summed E-state index contributed by atoms with van der Waals surface area (Å²) < 4.78 is 1.17. The number of hydrogen-bond acceptors (Lipinski definition) is 0. The number of hydrogen-bond donors (Lipinski definition) is 0. The molecule has 1 aliphatic carbocycles. The molecule has 0 spiro atoms. The highest BCUT2D eigenvalue weighted by atomic mass is 79.9. The Morgan fingerprint density at radius 1 is 1.05 bits per heavy atom. The van der Waals surface area contributed by atoms with Crippen LogP contribution >= 0.6 is 31.9 Å². The third kappa shape index (κ3) is 2.73. The van der Waals surface area contributed by atoms with E-state index in [9.17, 15) is 0 Å². The fourth-order valence-electron chi connectivity index (χ4n) is 3.41. The zero-order valence-electron chi connectivity index (χ0n) is 11.4. The van der Waals surface area contributed by atoms with Gasteiger partial charge in [0.2, 0.25) is 0 Å². The zero-order valence-corrected chi connectivity index (χ0v) is 14.6. The van der Waals surface area contributed by atoms with Gasteiger partial charge in [-0.25, -0.2) is 0 Å². The molecular weight excluding hydrogens is 376 g/mol. The van der Waals surface area contributed by atoms with Crippen LogP contribution in [0.25, 0.3) is 0 Å². The molecule has 0 fully saturated rings. The van der Waals surface area contributed by atoms with Gasteiger partial charge in [0.1, 0.15) is 0 Å². The Hall–Kier alpha value is -0.600. The third-order valence-electron chi connectivity index (χ3n) is 4.38. The van der Waals surface area contributed by atoms with Crippen molar-refractivity contribution in [2.24, 2.45) is 0 Å². The first-order valence-electron chi connectivity index (χ1n) is 7.12. The van der Waals surface area contributed by atoms with Crippen LogP contribution in [0.4, 0.5) is 0 Å². The summed E-state index contributed by atoms with van der Waals surface area (Å²) in [6, 6.07) is 17.7. The van der Waals surface area contributed by atoms with Crippen LogP contribution < -0.4 is 0 Å². The molecule has 0 saturated carbocycles. The first-order valence-corrected chi connectivity index (χ1v) is 9.04. The summed E-state index contributed by atoms with van der Waals surface area (Å²) >= 11 is 7.39. The van der Waals surface area contributed by atoms with E-state index in [1.807, 2.05) is 0 Å². The second kappa shape index (κ2) is 6.03. The molecule has 0 heterocycles. The van der Waals surface area contributed by atoms with Crippen LogP contribution in [0, 0.1) is 0 Å². The average Bonchev–Trinajstić information content (AvgIpc) is 2.47. The topological polar surface area (TPSA) is 0 Å². The minimum absolute atomic E-state index is 0.246. The Morgan fingerprint density at radius 3 is 2.70 bits per heavy atom. The van der Waals surface area contributed by atoms with E-state index >= 15 is 0 Å². The zero-order chi connectivity index (χ0) is 14.0. The Morgan fingerprint density at radius 2 is 1.90 bits per heavy atom. The fraction of sp³-hybridized carbons (Fsp3) is 0.333. The standard InChI is InChI=1S/C18H18Br2/c19-13-18(12-14-5-3-8-16(20)11-14)10-4-7-15-6-1-2-9-17(15)18/h1-3,5-6,8-9,11H,4,7,10,12-13H2. The molecule has 0 saturated heterocycles. The van der Waals surface area contributed by atoms with Crippen molar-refractivity contribution < 1.29 is 0 Å². The van der Waals surface area contributed by atoms with Crippen LogP contribution in [0.3, 0.4) is 0 Å². The van der Waals surface area contributed by atoms with Crippen molar-refractivity contribution in [2.45, 2.75) is 31.1 Å². The number of rotatable bonds is 3. The van der Waals surface area contributed by atoms with Gasteiger partial charge in [-0.1, -0.05) is 68.3 Å². The van der Waals surface area contributed by atoms with E-state index in [1.165, 1.54) is 34.9 Å². The number of benzene rings is 2. The van der Waals surface area contributed by atoms with E-state index < -0.39 is 0 Å². The monoisotopic (exact) mass is 392 g/mol. The summed E-state index contributed by atoms with van der Waals surface area (Å²) in [5.74, 6) is 0. The van der Waals surface area contributed by atoms with E-state index in [-0.39, 0.29) is 5.41 Å². The number of alkyl halides is 1. The highest BCUT2D eigenvalue weighted by Crippen LogP contribution is 2.41. The molecule has 2 aromatic carbocycles. The third-order valence-corrected chi connectivity index (χ3v) is 5.94. The van der Waals surface area contributed by atoms with Crippen LogP contribution in [0.2, 0.25) is 0 Å². The van der Waals surface area contributed by atoms with E-state index in [0.717, 1.165) is 11.8 Å². The first-order chi connectivity index (χ1) is 9.73. The largest absolute Gasteiger partial charge is 0.0918 e. The molecule has 2 heteroatoms. The minimum atomic E-state index is 0.246. The van der Waals surface area contributed by atoms with Gasteiger partial charge in [-0.3, -0.25) is 0 Å². The molecule has 0 bridgehead atoms. The molecule has 1 unspecified atom stereocenters. The van der Waals surface area contributed by atoms with Crippen molar-refractivity contribution in [1.82, 2.24) is 0 Å². The van der Waals surface area contributed by atoms with Gasteiger partial charge in [-0.05, 0) is 54.5 Å². The quantitative estimate of drug-likeness (QED) is 0.590. The molecule has 20 heavy (non-hydrogen) atoms. The van der Waals surface area contributed by atoms with Gasteiger partial charge < -0.3 is 0 Å². The van der Waals surface area contributed by atoms with Gasteiger partial charge >= 0.3 is 0 Å². The molecule has 2 aromatic rings. The smallest absolute Gasteiger partial charge is 0.0178 e. The van der Waals surface area contributed by atoms with Crippen LogP contribution in [0.1, 0.15) is 29.5 Å². The lowest BCUT2D eigenvalue weighted by Crippen LogP contribution is -2.35. The molecule has 0 nitrogen and oxygen atoms in total. The van der Waals surface area contributed by atoms with Crippen LogP contribution in [-0.4, -0.2) is 5.33 Å². The van der Waals surface area contributed by atoms with E-state index in [2.05, 4.69) is 80.4 Å². The molecule has 1 aliphatic rings. The molecule has 0 N–H and O–H groups in total. The van der Waals surface area contributed by atoms with Crippen LogP contribution in [-0.2, 0) is 18.3 Å². The molecule has 0 aromatic heterocycles. The lowest BCUT2D eigenvalue weighted by Gasteiger charge is -2.38. The van der Waals surface area contributed by atoms with Gasteiger partial charge in [0, 0.05) is 15.2 Å². The normalized spacial score (nSPS) is 21.5. The summed E-state index contributed by atoms with van der Waals surface area (Å²) in [5, 5.41) is 1.03. The van der Waals surface area contributed by atoms with E-state index in [4.69, 9.17) is 0 Å². The molecule has 0 radical (unpaired) electrons. The lowest BCUT2D eigenvalue weighted by atomic mass is 9.68. The highest BCUT2D eigenvalue weighted by Gasteiger charge is 2.35. The predicted molar refractivity (Wildman–Crippen MR) is 92.7 cm³/mol. The summed E-state index contributed by atoms with van der Waals surface area (Å²) in [5.41, 5.74) is 4.74. The second-order valence-corrected chi connectivity index (χ2v) is 7.21. The number of halogens is 2. The van der Waals surface area contributed by atoms with Crippen molar-refractivity contribution >= 4 is 31.9 Å². The Balaban J connectivity index is 2.00. The Kier molecular flexibility index (Phi) is 4.32. The van der Waals surface area contributed by atoms with E-state index in [1.54, 1.807) is 5.56 Å². The highest BCUT2D eigenvalue weighted by molar-refractivity contribution is 9.10. The van der Waals surface area contributed by atoms with Crippen LogP contribution in [0.5, 0.6) is 0 Å². The van der Waals surface area contributed by atoms with Gasteiger partial charge in [0.25, 0.3) is 0 Å². The summed E-state index contributed by atoms with van der Waals surface area (Å²) in [4.78, 5) is 0. The Bertz CT molecular complexity index is 606. The first kappa shape index (κ1) is 14.3. The van der Waals surface area contributed by atoms with Crippen LogP contribution in [0.15, 0.2) is 53.0 Å². The number of aryl methyl sites for hydroxylation is 1. The van der Waals surface area contributed by atoms with Gasteiger partial charge in [-0.15, -0.1) is 0 Å². The maximum atomic E-state index is 3.80. The lowest BCUT2D eigenvalue weighted by molar-refractivity contribution is 0.401. The van der Waals surface area contributed by atoms with Crippen molar-refractivity contribution in [1.29, 1.82) is 0 Å². The van der Waals surface area contributed by atoms with Crippen molar-refractivity contribution in [3.05, 3.63) is 69.7 Å². The summed E-state index contributed by atoms with van der Waals surface area (Å²) in [6.45, 7) is 0. The predicted octanol–water partition coefficient (Wildman–Crippen LogP) is 5.66. The molecule has 0 aliphatic heterocycles. The number of fused-ring (bicyclic) bond motifs is 1. The van der Waals surface area contributed by atoms with Gasteiger partial charge in [-0.2, -0.15) is 0 Å². The van der Waals surface area contributed by atoms with Gasteiger partial charge in [0.15, 0.2) is 0 Å². The minimum Gasteiger partial charge on any atom is -0.0918 e. The average molecular weight is 394 g/mol.